The third kappa shape index (κ3) is 3.84. The minimum atomic E-state index is 0.168. The van der Waals surface area contributed by atoms with Gasteiger partial charge in [-0.3, -0.25) is 14.7 Å². The van der Waals surface area contributed by atoms with E-state index >= 15 is 0 Å². The van der Waals surface area contributed by atoms with E-state index in [1.54, 1.807) is 11.8 Å². The predicted octanol–water partition coefficient (Wildman–Crippen LogP) is 5.20. The Morgan fingerprint density at radius 2 is 1.90 bits per heavy atom. The number of para-hydroxylation sites is 1. The minimum absolute atomic E-state index is 0.168. The largest absolute Gasteiger partial charge is 0.326 e. The SMILES string of the molecule is CSc1ccc(NC(=O)C2CC23CCN(Cc2ccnc4ccccc24)CC3)cc1. The highest BCUT2D eigenvalue weighted by molar-refractivity contribution is 7.98. The lowest BCUT2D eigenvalue weighted by atomic mass is 9.90. The molecule has 5 heteroatoms. The standard InChI is InChI=1S/C25H27N3OS/c1-30-20-8-6-19(7-9-20)27-24(29)22-16-25(22)11-14-28(15-12-25)17-18-10-13-26-23-5-3-2-4-21(18)23/h2-10,13,22H,11-12,14-17H2,1H3,(H,27,29). The Balaban J connectivity index is 1.17. The van der Waals surface area contributed by atoms with Gasteiger partial charge < -0.3 is 5.32 Å². The number of amides is 1. The third-order valence-electron chi connectivity index (χ3n) is 6.85. The summed E-state index contributed by atoms with van der Waals surface area (Å²) in [6.45, 7) is 3.07. The molecule has 1 aliphatic carbocycles. The van der Waals surface area contributed by atoms with Crippen LogP contribution in [0.2, 0.25) is 0 Å². The summed E-state index contributed by atoms with van der Waals surface area (Å²) in [7, 11) is 0. The summed E-state index contributed by atoms with van der Waals surface area (Å²) in [5.41, 5.74) is 3.53. The highest BCUT2D eigenvalue weighted by Crippen LogP contribution is 2.59. The van der Waals surface area contributed by atoms with Gasteiger partial charge in [0.15, 0.2) is 0 Å². The van der Waals surface area contributed by atoms with Crippen LogP contribution >= 0.6 is 11.8 Å². The van der Waals surface area contributed by atoms with Crippen LogP contribution in [0.1, 0.15) is 24.8 Å². The van der Waals surface area contributed by atoms with Crippen molar-refractivity contribution in [3.63, 3.8) is 0 Å². The number of hydrogen-bond donors (Lipinski definition) is 1. The number of carbonyl (C=O) groups is 1. The molecule has 2 heterocycles. The lowest BCUT2D eigenvalue weighted by molar-refractivity contribution is -0.118. The Kier molecular flexibility index (Phi) is 5.25. The van der Waals surface area contributed by atoms with Crippen LogP contribution in [0.3, 0.4) is 0 Å². The van der Waals surface area contributed by atoms with E-state index in [1.165, 1.54) is 15.8 Å². The van der Waals surface area contributed by atoms with E-state index in [1.807, 2.05) is 24.4 Å². The first-order valence-electron chi connectivity index (χ1n) is 10.7. The molecule has 2 aliphatic rings. The molecule has 1 saturated heterocycles. The minimum Gasteiger partial charge on any atom is -0.326 e. The zero-order chi connectivity index (χ0) is 20.6. The number of aromatic nitrogens is 1. The fraction of sp³-hybridized carbons (Fsp3) is 0.360. The fourth-order valence-corrected chi connectivity index (χ4v) is 5.27. The molecule has 2 fully saturated rings. The number of nitrogens with zero attached hydrogens (tertiary/aromatic N) is 2. The number of pyridine rings is 1. The Labute approximate surface area is 182 Å². The highest BCUT2D eigenvalue weighted by atomic mass is 32.2. The number of carbonyl (C=O) groups excluding carboxylic acids is 1. The Bertz CT molecular complexity index is 1050. The highest BCUT2D eigenvalue weighted by Gasteiger charge is 2.58. The van der Waals surface area contributed by atoms with Crippen LogP contribution in [-0.4, -0.2) is 35.1 Å². The summed E-state index contributed by atoms with van der Waals surface area (Å²) in [6, 6.07) is 18.6. The molecule has 154 valence electrons. The number of rotatable bonds is 5. The molecular formula is C25H27N3OS. The van der Waals surface area contributed by atoms with Gasteiger partial charge in [0.25, 0.3) is 0 Å². The van der Waals surface area contributed by atoms with Gasteiger partial charge in [0.2, 0.25) is 5.91 Å². The van der Waals surface area contributed by atoms with Gasteiger partial charge in [-0.1, -0.05) is 18.2 Å². The van der Waals surface area contributed by atoms with Crippen LogP contribution in [0.25, 0.3) is 10.9 Å². The number of thioether (sulfide) groups is 1. The number of benzene rings is 2. The molecule has 5 rings (SSSR count). The number of hydrogen-bond acceptors (Lipinski definition) is 4. The topological polar surface area (TPSA) is 45.2 Å². The van der Waals surface area contributed by atoms with Crippen LogP contribution < -0.4 is 5.32 Å². The van der Waals surface area contributed by atoms with Crippen molar-refractivity contribution in [2.75, 3.05) is 24.7 Å². The van der Waals surface area contributed by atoms with E-state index in [2.05, 4.69) is 57.9 Å². The van der Waals surface area contributed by atoms with E-state index in [9.17, 15) is 4.79 Å². The number of nitrogens with one attached hydrogen (secondary N) is 1. The maximum Gasteiger partial charge on any atom is 0.228 e. The number of piperidine rings is 1. The summed E-state index contributed by atoms with van der Waals surface area (Å²) in [4.78, 5) is 21.0. The molecule has 0 bridgehead atoms. The van der Waals surface area contributed by atoms with E-state index < -0.39 is 0 Å². The van der Waals surface area contributed by atoms with Crippen molar-refractivity contribution >= 4 is 34.3 Å². The zero-order valence-corrected chi connectivity index (χ0v) is 18.1. The molecule has 1 amide bonds. The molecule has 1 atom stereocenters. The van der Waals surface area contributed by atoms with Crippen molar-refractivity contribution in [1.29, 1.82) is 0 Å². The zero-order valence-electron chi connectivity index (χ0n) is 17.3. The second-order valence-electron chi connectivity index (χ2n) is 8.60. The van der Waals surface area contributed by atoms with E-state index in [0.29, 0.717) is 0 Å². The van der Waals surface area contributed by atoms with Crippen molar-refractivity contribution in [1.82, 2.24) is 9.88 Å². The normalized spacial score (nSPS) is 20.4. The first-order valence-corrected chi connectivity index (χ1v) is 11.9. The molecule has 1 spiro atoms. The average Bonchev–Trinajstić information content (AvgIpc) is 3.50. The number of fused-ring (bicyclic) bond motifs is 1. The van der Waals surface area contributed by atoms with Gasteiger partial charge in [-0.05, 0) is 86.0 Å². The van der Waals surface area contributed by atoms with Crippen LogP contribution in [0.4, 0.5) is 5.69 Å². The van der Waals surface area contributed by atoms with Gasteiger partial charge in [-0.2, -0.15) is 0 Å². The Hall–Kier alpha value is -2.37. The third-order valence-corrected chi connectivity index (χ3v) is 7.59. The second kappa shape index (κ2) is 8.05. The van der Waals surface area contributed by atoms with Crippen LogP contribution in [0, 0.1) is 11.3 Å². The quantitative estimate of drug-likeness (QED) is 0.580. The molecule has 2 aromatic carbocycles. The van der Waals surface area contributed by atoms with E-state index in [-0.39, 0.29) is 17.2 Å². The molecule has 1 saturated carbocycles. The van der Waals surface area contributed by atoms with Gasteiger partial charge in [-0.15, -0.1) is 11.8 Å². The first kappa shape index (κ1) is 19.6. The number of anilines is 1. The Morgan fingerprint density at radius 3 is 2.67 bits per heavy atom. The maximum absolute atomic E-state index is 12.8. The molecular weight excluding hydrogens is 390 g/mol. The average molecular weight is 418 g/mol. The van der Waals surface area contributed by atoms with Crippen molar-refractivity contribution in [2.24, 2.45) is 11.3 Å². The summed E-state index contributed by atoms with van der Waals surface area (Å²) in [6.07, 6.45) is 7.23. The fourth-order valence-electron chi connectivity index (χ4n) is 4.87. The van der Waals surface area contributed by atoms with Gasteiger partial charge in [0, 0.05) is 34.6 Å². The van der Waals surface area contributed by atoms with Gasteiger partial charge in [-0.25, -0.2) is 0 Å². The molecule has 0 radical (unpaired) electrons. The van der Waals surface area contributed by atoms with Crippen LogP contribution in [-0.2, 0) is 11.3 Å². The maximum atomic E-state index is 12.8. The molecule has 4 nitrogen and oxygen atoms in total. The number of likely N-dealkylation sites (tertiary alicyclic amines) is 1. The predicted molar refractivity (Wildman–Crippen MR) is 124 cm³/mol. The van der Waals surface area contributed by atoms with Gasteiger partial charge in [0.05, 0.1) is 5.52 Å². The van der Waals surface area contributed by atoms with Crippen molar-refractivity contribution in [3.8, 4) is 0 Å². The smallest absolute Gasteiger partial charge is 0.228 e. The lowest BCUT2D eigenvalue weighted by Gasteiger charge is -2.33. The molecule has 3 aromatic rings. The molecule has 1 N–H and O–H groups in total. The van der Waals surface area contributed by atoms with E-state index in [4.69, 9.17) is 0 Å². The van der Waals surface area contributed by atoms with Crippen LogP contribution in [0.15, 0.2) is 65.7 Å². The van der Waals surface area contributed by atoms with Gasteiger partial charge in [0.1, 0.15) is 0 Å². The molecule has 1 aromatic heterocycles. The Morgan fingerprint density at radius 1 is 1.13 bits per heavy atom. The summed E-state index contributed by atoms with van der Waals surface area (Å²) >= 11 is 1.71. The summed E-state index contributed by atoms with van der Waals surface area (Å²) in [5.74, 6) is 0.363. The summed E-state index contributed by atoms with van der Waals surface area (Å²) in [5, 5.41) is 4.38. The van der Waals surface area contributed by atoms with Crippen molar-refractivity contribution in [2.45, 2.75) is 30.7 Å². The van der Waals surface area contributed by atoms with Gasteiger partial charge >= 0.3 is 0 Å². The lowest BCUT2D eigenvalue weighted by Crippen LogP contribution is -2.35. The molecule has 30 heavy (non-hydrogen) atoms. The molecule has 1 unspecified atom stereocenters. The van der Waals surface area contributed by atoms with Crippen LogP contribution in [0.5, 0.6) is 0 Å². The first-order chi connectivity index (χ1) is 14.7. The van der Waals surface area contributed by atoms with E-state index in [0.717, 1.165) is 50.1 Å². The monoisotopic (exact) mass is 417 g/mol. The molecule has 1 aliphatic heterocycles. The van der Waals surface area contributed by atoms with Crippen molar-refractivity contribution < 1.29 is 4.79 Å². The second-order valence-corrected chi connectivity index (χ2v) is 9.48. The summed E-state index contributed by atoms with van der Waals surface area (Å²) < 4.78 is 0. The van der Waals surface area contributed by atoms with Crippen molar-refractivity contribution in [3.05, 3.63) is 66.4 Å².